The van der Waals surface area contributed by atoms with Crippen LogP contribution in [0.1, 0.15) is 18.6 Å². The SMILES string of the molecule is CCOC(=O)C(O)c1ccc(O)c([N+](=O)[O-])c1O. The number of phenolic OH excluding ortho intramolecular Hbond substituents is 2. The van der Waals surface area contributed by atoms with Crippen molar-refractivity contribution in [2.24, 2.45) is 0 Å². The Morgan fingerprint density at radius 2 is 2.11 bits per heavy atom. The van der Waals surface area contributed by atoms with Crippen LogP contribution < -0.4 is 0 Å². The minimum Gasteiger partial charge on any atom is -0.502 e. The number of nitro benzene ring substituents is 1. The standard InChI is InChI=1S/C10H11NO7/c1-2-18-10(15)9(14)5-3-4-6(12)7(8(5)13)11(16)17/h3-4,9,12-14H,2H2,1H3. The number of hydrogen-bond donors (Lipinski definition) is 3. The third kappa shape index (κ3) is 2.48. The van der Waals surface area contributed by atoms with Gasteiger partial charge in [-0.3, -0.25) is 10.1 Å². The van der Waals surface area contributed by atoms with E-state index in [9.17, 15) is 30.2 Å². The van der Waals surface area contributed by atoms with Crippen molar-refractivity contribution in [1.29, 1.82) is 0 Å². The first-order chi connectivity index (χ1) is 8.40. The van der Waals surface area contributed by atoms with Gasteiger partial charge in [0, 0.05) is 5.56 Å². The number of benzene rings is 1. The van der Waals surface area contributed by atoms with E-state index in [-0.39, 0.29) is 6.61 Å². The predicted molar refractivity (Wildman–Crippen MR) is 58.0 cm³/mol. The number of phenols is 2. The van der Waals surface area contributed by atoms with Gasteiger partial charge < -0.3 is 20.1 Å². The van der Waals surface area contributed by atoms with Gasteiger partial charge in [0.15, 0.2) is 11.9 Å². The number of nitro groups is 1. The first kappa shape index (κ1) is 13.7. The quantitative estimate of drug-likeness (QED) is 0.409. The molecule has 8 heteroatoms. The third-order valence-electron chi connectivity index (χ3n) is 2.15. The summed E-state index contributed by atoms with van der Waals surface area (Å²) in [5.41, 5.74) is -1.38. The minimum absolute atomic E-state index is 0.0107. The molecule has 0 bridgehead atoms. The molecule has 0 aliphatic heterocycles. The van der Waals surface area contributed by atoms with Crippen LogP contribution in [0.4, 0.5) is 5.69 Å². The van der Waals surface area contributed by atoms with Gasteiger partial charge in [0.25, 0.3) is 0 Å². The summed E-state index contributed by atoms with van der Waals surface area (Å²) < 4.78 is 4.51. The summed E-state index contributed by atoms with van der Waals surface area (Å²) in [6, 6.07) is 1.90. The molecule has 0 heterocycles. The molecule has 98 valence electrons. The molecule has 0 spiro atoms. The van der Waals surface area contributed by atoms with Crippen LogP contribution in [0.5, 0.6) is 11.5 Å². The molecule has 0 aliphatic rings. The highest BCUT2D eigenvalue weighted by Gasteiger charge is 2.29. The summed E-state index contributed by atoms with van der Waals surface area (Å²) in [6.45, 7) is 1.53. The average Bonchev–Trinajstić information content (AvgIpc) is 2.28. The maximum atomic E-state index is 11.2. The maximum Gasteiger partial charge on any atom is 0.352 e. The molecular formula is C10H11NO7. The van der Waals surface area contributed by atoms with Crippen molar-refractivity contribution < 1.29 is 29.8 Å². The number of aliphatic hydroxyl groups is 1. The van der Waals surface area contributed by atoms with Crippen molar-refractivity contribution in [1.82, 2.24) is 0 Å². The zero-order chi connectivity index (χ0) is 13.9. The summed E-state index contributed by atoms with van der Waals surface area (Å²) >= 11 is 0. The second kappa shape index (κ2) is 5.32. The lowest BCUT2D eigenvalue weighted by molar-refractivity contribution is -0.387. The van der Waals surface area contributed by atoms with E-state index in [0.717, 1.165) is 12.1 Å². The first-order valence-electron chi connectivity index (χ1n) is 4.94. The van der Waals surface area contributed by atoms with Gasteiger partial charge in [0.2, 0.25) is 5.75 Å². The van der Waals surface area contributed by atoms with Gasteiger partial charge in [-0.05, 0) is 19.1 Å². The van der Waals surface area contributed by atoms with Crippen molar-refractivity contribution in [3.05, 3.63) is 27.8 Å². The highest BCUT2D eigenvalue weighted by Crippen LogP contribution is 2.40. The van der Waals surface area contributed by atoms with E-state index in [2.05, 4.69) is 4.74 Å². The van der Waals surface area contributed by atoms with E-state index in [1.54, 1.807) is 0 Å². The monoisotopic (exact) mass is 257 g/mol. The van der Waals surface area contributed by atoms with Gasteiger partial charge in [0.05, 0.1) is 11.5 Å². The highest BCUT2D eigenvalue weighted by atomic mass is 16.6. The van der Waals surface area contributed by atoms with Crippen LogP contribution >= 0.6 is 0 Å². The highest BCUT2D eigenvalue weighted by molar-refractivity contribution is 5.78. The van der Waals surface area contributed by atoms with Crippen LogP contribution in [0.3, 0.4) is 0 Å². The first-order valence-corrected chi connectivity index (χ1v) is 4.94. The number of carbonyl (C=O) groups excluding carboxylic acids is 1. The Morgan fingerprint density at radius 3 is 2.61 bits per heavy atom. The van der Waals surface area contributed by atoms with Crippen molar-refractivity contribution in [2.75, 3.05) is 6.61 Å². The number of aliphatic hydroxyl groups excluding tert-OH is 1. The molecule has 0 amide bonds. The fraction of sp³-hybridized carbons (Fsp3) is 0.300. The molecule has 1 aromatic carbocycles. The summed E-state index contributed by atoms with van der Waals surface area (Å²) in [7, 11) is 0. The maximum absolute atomic E-state index is 11.2. The number of nitrogens with zero attached hydrogens (tertiary/aromatic N) is 1. The Balaban J connectivity index is 3.23. The fourth-order valence-corrected chi connectivity index (χ4v) is 1.33. The van der Waals surface area contributed by atoms with E-state index in [0.29, 0.717) is 0 Å². The number of esters is 1. The molecule has 1 rings (SSSR count). The van der Waals surface area contributed by atoms with Crippen molar-refractivity contribution in [2.45, 2.75) is 13.0 Å². The molecular weight excluding hydrogens is 246 g/mol. The van der Waals surface area contributed by atoms with Gasteiger partial charge >= 0.3 is 11.7 Å². The Bertz CT molecular complexity index is 485. The van der Waals surface area contributed by atoms with Gasteiger partial charge in [-0.15, -0.1) is 0 Å². The van der Waals surface area contributed by atoms with Crippen LogP contribution in [0.2, 0.25) is 0 Å². The molecule has 3 N–H and O–H groups in total. The van der Waals surface area contributed by atoms with Crippen LogP contribution in [0.25, 0.3) is 0 Å². The third-order valence-corrected chi connectivity index (χ3v) is 2.15. The lowest BCUT2D eigenvalue weighted by Gasteiger charge is -2.11. The second-order valence-corrected chi connectivity index (χ2v) is 3.28. The zero-order valence-electron chi connectivity index (χ0n) is 9.36. The second-order valence-electron chi connectivity index (χ2n) is 3.28. The smallest absolute Gasteiger partial charge is 0.352 e. The summed E-state index contributed by atoms with van der Waals surface area (Å²) in [6.07, 6.45) is -1.86. The van der Waals surface area contributed by atoms with Crippen LogP contribution in [0, 0.1) is 10.1 Å². The minimum atomic E-state index is -1.86. The molecule has 1 aromatic rings. The molecule has 0 saturated carbocycles. The average molecular weight is 257 g/mol. The number of ether oxygens (including phenoxy) is 1. The molecule has 0 aromatic heterocycles. The summed E-state index contributed by atoms with van der Waals surface area (Å²) in [5, 5.41) is 38.9. The van der Waals surface area contributed by atoms with Gasteiger partial charge in [0.1, 0.15) is 0 Å². The van der Waals surface area contributed by atoms with Crippen molar-refractivity contribution in [3.63, 3.8) is 0 Å². The molecule has 0 fully saturated rings. The van der Waals surface area contributed by atoms with E-state index in [1.165, 1.54) is 6.92 Å². The van der Waals surface area contributed by atoms with Gasteiger partial charge in [-0.2, -0.15) is 0 Å². The Kier molecular flexibility index (Phi) is 4.05. The molecule has 1 unspecified atom stereocenters. The largest absolute Gasteiger partial charge is 0.502 e. The number of hydrogen-bond acceptors (Lipinski definition) is 7. The van der Waals surface area contributed by atoms with Gasteiger partial charge in [-0.25, -0.2) is 4.79 Å². The number of rotatable bonds is 4. The van der Waals surface area contributed by atoms with Crippen LogP contribution in [-0.2, 0) is 9.53 Å². The lowest BCUT2D eigenvalue weighted by atomic mass is 10.1. The topological polar surface area (TPSA) is 130 Å². The molecule has 0 radical (unpaired) electrons. The Hall–Kier alpha value is -2.35. The van der Waals surface area contributed by atoms with E-state index in [1.807, 2.05) is 0 Å². The van der Waals surface area contributed by atoms with Crippen molar-refractivity contribution >= 4 is 11.7 Å². The number of carbonyl (C=O) groups is 1. The van der Waals surface area contributed by atoms with Crippen LogP contribution in [-0.4, -0.2) is 32.8 Å². The molecule has 0 saturated heterocycles. The molecule has 8 nitrogen and oxygen atoms in total. The molecule has 0 aliphatic carbocycles. The Labute approximate surface area is 101 Å². The summed E-state index contributed by atoms with van der Waals surface area (Å²) in [4.78, 5) is 20.8. The van der Waals surface area contributed by atoms with Crippen molar-refractivity contribution in [3.8, 4) is 11.5 Å². The number of aromatic hydroxyl groups is 2. The van der Waals surface area contributed by atoms with E-state index < -0.39 is 39.7 Å². The van der Waals surface area contributed by atoms with Gasteiger partial charge in [-0.1, -0.05) is 0 Å². The normalized spacial score (nSPS) is 11.9. The lowest BCUT2D eigenvalue weighted by Crippen LogP contribution is -2.15. The molecule has 1 atom stereocenters. The fourth-order valence-electron chi connectivity index (χ4n) is 1.33. The predicted octanol–water partition coefficient (Wildman–Crippen LogP) is 0.602. The van der Waals surface area contributed by atoms with E-state index >= 15 is 0 Å². The Morgan fingerprint density at radius 1 is 1.50 bits per heavy atom. The van der Waals surface area contributed by atoms with Crippen LogP contribution in [0.15, 0.2) is 12.1 Å². The van der Waals surface area contributed by atoms with E-state index in [4.69, 9.17) is 0 Å². The molecule has 18 heavy (non-hydrogen) atoms. The zero-order valence-corrected chi connectivity index (χ0v) is 9.36. The summed E-state index contributed by atoms with van der Waals surface area (Å²) in [5.74, 6) is -2.79.